The number of anilines is 1. The minimum atomic E-state index is 0.482. The number of nitrogen functional groups attached to an aromatic ring is 1. The molecule has 0 saturated heterocycles. The number of aromatic nitrogens is 2. The molecule has 5 nitrogen and oxygen atoms in total. The molecule has 0 unspecified atom stereocenters. The summed E-state index contributed by atoms with van der Waals surface area (Å²) in [6, 6.07) is 5.48. The van der Waals surface area contributed by atoms with Crippen LogP contribution in [0.4, 0.5) is 5.82 Å². The van der Waals surface area contributed by atoms with Gasteiger partial charge in [-0.25, -0.2) is 10.8 Å². The van der Waals surface area contributed by atoms with Crippen LogP contribution in [0.5, 0.6) is 11.6 Å². The predicted molar refractivity (Wildman–Crippen MR) is 80.2 cm³/mol. The molecule has 0 bridgehead atoms. The van der Waals surface area contributed by atoms with Gasteiger partial charge in [-0.1, -0.05) is 24.6 Å². The molecule has 0 radical (unpaired) electrons. The van der Waals surface area contributed by atoms with Crippen LogP contribution in [-0.2, 0) is 6.42 Å². The number of hydrogen-bond acceptors (Lipinski definition) is 5. The van der Waals surface area contributed by atoms with E-state index in [1.807, 2.05) is 32.9 Å². The maximum Gasteiger partial charge on any atom is 0.227 e. The largest absolute Gasteiger partial charge is 0.438 e. The number of hydrazine groups is 1. The number of benzene rings is 1. The summed E-state index contributed by atoms with van der Waals surface area (Å²) in [5, 5.41) is 0.616. The number of nitrogens with one attached hydrogen (secondary N) is 1. The first-order valence-corrected chi connectivity index (χ1v) is 6.71. The third kappa shape index (κ3) is 3.00. The maximum absolute atomic E-state index is 5.99. The fourth-order valence-corrected chi connectivity index (χ4v) is 1.89. The Hall–Kier alpha value is -1.85. The summed E-state index contributed by atoms with van der Waals surface area (Å²) in [6.07, 6.45) is 0.694. The Bertz CT molecular complexity index is 631. The lowest BCUT2D eigenvalue weighted by Crippen LogP contribution is -2.13. The Morgan fingerprint density at radius 1 is 1.30 bits per heavy atom. The van der Waals surface area contributed by atoms with E-state index in [0.717, 1.165) is 11.1 Å². The lowest BCUT2D eigenvalue weighted by Gasteiger charge is -2.13. The number of rotatable bonds is 4. The molecule has 1 aromatic heterocycles. The second-order valence-corrected chi connectivity index (χ2v) is 4.86. The van der Waals surface area contributed by atoms with Crippen molar-refractivity contribution in [2.24, 2.45) is 5.84 Å². The van der Waals surface area contributed by atoms with Gasteiger partial charge in [-0.2, -0.15) is 4.98 Å². The molecule has 0 amide bonds. The van der Waals surface area contributed by atoms with Gasteiger partial charge in [0, 0.05) is 11.4 Å². The zero-order valence-corrected chi connectivity index (χ0v) is 12.5. The monoisotopic (exact) mass is 292 g/mol. The fourth-order valence-electron chi connectivity index (χ4n) is 1.73. The first-order valence-electron chi connectivity index (χ1n) is 6.33. The van der Waals surface area contributed by atoms with Crippen LogP contribution in [0.2, 0.25) is 5.02 Å². The lowest BCUT2D eigenvalue weighted by atomic mass is 10.2. The standard InChI is InChI=1S/C14H17ClN4O/c1-4-12-17-13(19-16)9(3)14(18-12)20-11-7-10(15)6-5-8(11)2/h5-7H,4,16H2,1-3H3,(H,17,18,19). The lowest BCUT2D eigenvalue weighted by molar-refractivity contribution is 0.452. The van der Waals surface area contributed by atoms with Crippen molar-refractivity contribution in [1.29, 1.82) is 0 Å². The van der Waals surface area contributed by atoms with E-state index in [-0.39, 0.29) is 0 Å². The Morgan fingerprint density at radius 2 is 2.05 bits per heavy atom. The number of hydrogen-bond donors (Lipinski definition) is 2. The molecule has 6 heteroatoms. The van der Waals surface area contributed by atoms with Crippen molar-refractivity contribution in [3.63, 3.8) is 0 Å². The first-order chi connectivity index (χ1) is 9.55. The van der Waals surface area contributed by atoms with Gasteiger partial charge >= 0.3 is 0 Å². The normalized spacial score (nSPS) is 10.4. The Morgan fingerprint density at radius 3 is 2.70 bits per heavy atom. The Labute approximate surface area is 123 Å². The number of nitrogens with zero attached hydrogens (tertiary/aromatic N) is 2. The molecule has 3 N–H and O–H groups in total. The first kappa shape index (κ1) is 14.6. The highest BCUT2D eigenvalue weighted by Crippen LogP contribution is 2.30. The van der Waals surface area contributed by atoms with Crippen LogP contribution < -0.4 is 16.0 Å². The van der Waals surface area contributed by atoms with Crippen LogP contribution in [-0.4, -0.2) is 9.97 Å². The molecule has 0 aliphatic heterocycles. The van der Waals surface area contributed by atoms with Gasteiger partial charge in [0.2, 0.25) is 5.88 Å². The molecular weight excluding hydrogens is 276 g/mol. The number of ether oxygens (including phenoxy) is 1. The molecule has 20 heavy (non-hydrogen) atoms. The van der Waals surface area contributed by atoms with Crippen LogP contribution in [0, 0.1) is 13.8 Å². The summed E-state index contributed by atoms with van der Waals surface area (Å²) in [5.74, 6) is 7.85. The van der Waals surface area contributed by atoms with Crippen molar-refractivity contribution in [1.82, 2.24) is 9.97 Å². The second-order valence-electron chi connectivity index (χ2n) is 4.43. The van der Waals surface area contributed by atoms with Crippen LogP contribution in [0.1, 0.15) is 23.9 Å². The van der Waals surface area contributed by atoms with Gasteiger partial charge in [0.15, 0.2) is 0 Å². The summed E-state index contributed by atoms with van der Waals surface area (Å²) >= 11 is 5.99. The average Bonchev–Trinajstić information content (AvgIpc) is 2.45. The summed E-state index contributed by atoms with van der Waals surface area (Å²) < 4.78 is 5.87. The number of nitrogens with two attached hydrogens (primary N) is 1. The van der Waals surface area contributed by atoms with Gasteiger partial charge in [0.05, 0.1) is 5.56 Å². The van der Waals surface area contributed by atoms with Crippen LogP contribution in [0.25, 0.3) is 0 Å². The molecule has 2 aromatic rings. The van der Waals surface area contributed by atoms with Crippen molar-refractivity contribution in [3.05, 3.63) is 40.2 Å². The molecule has 2 rings (SSSR count). The highest BCUT2D eigenvalue weighted by atomic mass is 35.5. The third-order valence-electron chi connectivity index (χ3n) is 2.96. The smallest absolute Gasteiger partial charge is 0.227 e. The molecule has 0 aliphatic rings. The predicted octanol–water partition coefficient (Wildman–Crippen LogP) is 3.39. The molecular formula is C14H17ClN4O. The van der Waals surface area contributed by atoms with E-state index in [2.05, 4.69) is 15.4 Å². The quantitative estimate of drug-likeness (QED) is 0.667. The minimum absolute atomic E-state index is 0.482. The fraction of sp³-hybridized carbons (Fsp3) is 0.286. The van der Waals surface area contributed by atoms with E-state index >= 15 is 0 Å². The van der Waals surface area contributed by atoms with Crippen molar-refractivity contribution in [3.8, 4) is 11.6 Å². The summed E-state index contributed by atoms with van der Waals surface area (Å²) in [6.45, 7) is 5.77. The molecule has 0 aliphatic carbocycles. The topological polar surface area (TPSA) is 73.1 Å². The SMILES string of the molecule is CCc1nc(NN)c(C)c(Oc2cc(Cl)ccc2C)n1. The maximum atomic E-state index is 5.99. The minimum Gasteiger partial charge on any atom is -0.438 e. The van der Waals surface area contributed by atoms with E-state index in [0.29, 0.717) is 34.7 Å². The van der Waals surface area contributed by atoms with E-state index in [9.17, 15) is 0 Å². The van der Waals surface area contributed by atoms with Gasteiger partial charge in [-0.3, -0.25) is 0 Å². The van der Waals surface area contributed by atoms with Gasteiger partial charge in [0.1, 0.15) is 17.4 Å². The van der Waals surface area contributed by atoms with Gasteiger partial charge in [-0.05, 0) is 31.5 Å². The second kappa shape index (κ2) is 6.07. The summed E-state index contributed by atoms with van der Waals surface area (Å²) in [4.78, 5) is 8.69. The molecule has 0 saturated carbocycles. The molecule has 1 aromatic carbocycles. The third-order valence-corrected chi connectivity index (χ3v) is 3.19. The summed E-state index contributed by atoms with van der Waals surface area (Å²) in [5.41, 5.74) is 4.30. The Balaban J connectivity index is 2.44. The Kier molecular flexibility index (Phi) is 4.42. The van der Waals surface area contributed by atoms with E-state index in [1.165, 1.54) is 0 Å². The molecule has 0 spiro atoms. The highest BCUT2D eigenvalue weighted by molar-refractivity contribution is 6.30. The van der Waals surface area contributed by atoms with Crippen LogP contribution in [0.3, 0.4) is 0 Å². The van der Waals surface area contributed by atoms with Crippen LogP contribution >= 0.6 is 11.6 Å². The van der Waals surface area contributed by atoms with Crippen LogP contribution in [0.15, 0.2) is 18.2 Å². The molecule has 106 valence electrons. The van der Waals surface area contributed by atoms with Gasteiger partial charge in [0.25, 0.3) is 0 Å². The van der Waals surface area contributed by atoms with Crippen molar-refractivity contribution < 1.29 is 4.74 Å². The number of halogens is 1. The zero-order chi connectivity index (χ0) is 14.7. The van der Waals surface area contributed by atoms with E-state index < -0.39 is 0 Å². The molecule has 0 atom stereocenters. The average molecular weight is 293 g/mol. The molecule has 0 fully saturated rings. The summed E-state index contributed by atoms with van der Waals surface area (Å²) in [7, 11) is 0. The number of aryl methyl sites for hydroxylation is 2. The molecule has 1 heterocycles. The van der Waals surface area contributed by atoms with Crippen molar-refractivity contribution in [2.75, 3.05) is 5.43 Å². The zero-order valence-electron chi connectivity index (χ0n) is 11.7. The van der Waals surface area contributed by atoms with Gasteiger partial charge in [-0.15, -0.1) is 0 Å². The highest BCUT2D eigenvalue weighted by Gasteiger charge is 2.13. The van der Waals surface area contributed by atoms with Crippen molar-refractivity contribution >= 4 is 17.4 Å². The van der Waals surface area contributed by atoms with Gasteiger partial charge < -0.3 is 10.2 Å². The van der Waals surface area contributed by atoms with E-state index in [1.54, 1.807) is 6.07 Å². The van der Waals surface area contributed by atoms with Crippen molar-refractivity contribution in [2.45, 2.75) is 27.2 Å². The van der Waals surface area contributed by atoms with E-state index in [4.69, 9.17) is 22.2 Å².